The van der Waals surface area contributed by atoms with Gasteiger partial charge in [-0.25, -0.2) is 0 Å². The number of carbonyl (C=O) groups is 1. The standard InChI is InChI=1S/C53H86O22/c1-48(2)14-16-53(47(67)75-45-39(65)36(62)33(59)27(20-55)70-45)17-15-51(6)23(24(53)18-48)8-9-30-50(5)12-11-31(49(3,4)29(50)10-13-52(30,51)7)72-43-40(66)41(25(57)22-68-43)73-46-42(37(63)34(60)28(21-56)71-46)74-44-38(64)35(61)32(58)26(19-54)69-44/h8,24-46,54-66H,9-22H2,1-7H3/t24-,25-,26+,27+,28+,29-,30+,31-,32+,33+,34+,35-,36-,37-,38+,39+,40+,41-,42+,43-,44-,45-,46-,50-,51+,52+,53-/m0/s1. The van der Waals surface area contributed by atoms with Crippen molar-refractivity contribution in [2.45, 2.75) is 235 Å². The van der Waals surface area contributed by atoms with E-state index in [1.807, 2.05) is 0 Å². The molecule has 0 radical (unpaired) electrons. The molecule has 430 valence electrons. The van der Waals surface area contributed by atoms with Crippen LogP contribution in [0.15, 0.2) is 11.6 Å². The first-order valence-electron chi connectivity index (χ1n) is 27.2. The third kappa shape index (κ3) is 9.50. The minimum Gasteiger partial charge on any atom is -0.432 e. The number of allylic oxidation sites excluding steroid dienone is 2. The number of ether oxygens (including phenoxy) is 8. The summed E-state index contributed by atoms with van der Waals surface area (Å²) in [5.74, 6) is -0.257. The maximum Gasteiger partial charge on any atom is 0.315 e. The van der Waals surface area contributed by atoms with Crippen LogP contribution in [0, 0.1) is 50.2 Å². The van der Waals surface area contributed by atoms with Crippen LogP contribution in [-0.4, -0.2) is 222 Å². The van der Waals surface area contributed by atoms with Crippen molar-refractivity contribution in [2.75, 3.05) is 26.4 Å². The van der Waals surface area contributed by atoms with Crippen LogP contribution in [0.5, 0.6) is 0 Å². The van der Waals surface area contributed by atoms with Crippen molar-refractivity contribution in [1.29, 1.82) is 0 Å². The van der Waals surface area contributed by atoms with E-state index in [2.05, 4.69) is 54.5 Å². The first-order valence-corrected chi connectivity index (χ1v) is 27.2. The predicted molar refractivity (Wildman–Crippen MR) is 257 cm³/mol. The third-order valence-corrected chi connectivity index (χ3v) is 21.0. The summed E-state index contributed by atoms with van der Waals surface area (Å²) in [6.45, 7) is 13.5. The number of esters is 1. The monoisotopic (exact) mass is 1070 g/mol. The fraction of sp³-hybridized carbons (Fsp3) is 0.943. The molecule has 8 fully saturated rings. The van der Waals surface area contributed by atoms with Gasteiger partial charge in [0.1, 0.15) is 91.6 Å². The lowest BCUT2D eigenvalue weighted by atomic mass is 9.33. The van der Waals surface area contributed by atoms with E-state index in [0.29, 0.717) is 19.3 Å². The molecule has 9 aliphatic rings. The number of fused-ring (bicyclic) bond motifs is 7. The van der Waals surface area contributed by atoms with Crippen molar-refractivity contribution < 1.29 is 109 Å². The van der Waals surface area contributed by atoms with Crippen molar-refractivity contribution in [3.63, 3.8) is 0 Å². The van der Waals surface area contributed by atoms with E-state index >= 15 is 0 Å². The molecule has 75 heavy (non-hydrogen) atoms. The summed E-state index contributed by atoms with van der Waals surface area (Å²) in [5, 5.41) is 138. The van der Waals surface area contributed by atoms with Crippen molar-refractivity contribution in [3.8, 4) is 0 Å². The van der Waals surface area contributed by atoms with Gasteiger partial charge in [-0.05, 0) is 109 Å². The van der Waals surface area contributed by atoms with E-state index in [1.54, 1.807) is 0 Å². The second kappa shape index (κ2) is 21.1. The normalized spacial score (nSPS) is 53.5. The van der Waals surface area contributed by atoms with Crippen molar-refractivity contribution in [1.82, 2.24) is 0 Å². The summed E-state index contributed by atoms with van der Waals surface area (Å²) in [6.07, 6.45) is -21.5. The van der Waals surface area contributed by atoms with Crippen molar-refractivity contribution in [3.05, 3.63) is 11.6 Å². The van der Waals surface area contributed by atoms with Gasteiger partial charge in [0.2, 0.25) is 6.29 Å². The quantitative estimate of drug-likeness (QED) is 0.0643. The molecule has 27 atom stereocenters. The van der Waals surface area contributed by atoms with Crippen LogP contribution in [0.2, 0.25) is 0 Å². The minimum atomic E-state index is -1.90. The first kappa shape index (κ1) is 58.1. The van der Waals surface area contributed by atoms with Gasteiger partial charge in [-0.3, -0.25) is 4.79 Å². The SMILES string of the molecule is CC1(C)CC[C@]2(C(=O)O[C@@H]3O[C@H](CO)[C@@H](O)[C@H](O)[C@H]3O)CC[C@]3(C)C(=CC[C@@H]4[C@@]5(C)CC[C@H](O[C@@H]6OC[C@H](O)[C@H](O[C@@H]7O[C@H](CO)[C@@H](O)[C@H](O)[C@H]7O[C@@H]7O[C@H](CO)[C@@H](O)[C@H](O)[C@H]7O)[C@H]6O)C(C)(C)[C@@H]5CC[C@]43C)[C@@H]2C1. The average molecular weight is 1080 g/mol. The molecular weight excluding hydrogens is 989 g/mol. The molecule has 0 aromatic heterocycles. The maximum absolute atomic E-state index is 14.7. The van der Waals surface area contributed by atoms with Crippen LogP contribution in [0.1, 0.15) is 113 Å². The van der Waals surface area contributed by atoms with Crippen LogP contribution in [0.3, 0.4) is 0 Å². The summed E-state index contributed by atoms with van der Waals surface area (Å²) >= 11 is 0. The van der Waals surface area contributed by atoms with Gasteiger partial charge in [0.25, 0.3) is 0 Å². The van der Waals surface area contributed by atoms with E-state index in [-0.39, 0.29) is 46.0 Å². The molecule has 0 spiro atoms. The molecule has 4 saturated carbocycles. The second-order valence-corrected chi connectivity index (χ2v) is 25.8. The second-order valence-electron chi connectivity index (χ2n) is 25.8. The van der Waals surface area contributed by atoms with Gasteiger partial charge in [0.15, 0.2) is 18.9 Å². The molecule has 0 aromatic carbocycles. The fourth-order valence-electron chi connectivity index (χ4n) is 16.2. The molecule has 9 rings (SSSR count). The highest BCUT2D eigenvalue weighted by atomic mass is 16.8. The van der Waals surface area contributed by atoms with Crippen LogP contribution >= 0.6 is 0 Å². The molecule has 4 saturated heterocycles. The Kier molecular flexibility index (Phi) is 16.3. The highest BCUT2D eigenvalue weighted by Crippen LogP contribution is 2.76. The fourth-order valence-corrected chi connectivity index (χ4v) is 16.2. The first-order chi connectivity index (χ1) is 35.1. The van der Waals surface area contributed by atoms with E-state index in [1.165, 1.54) is 5.57 Å². The highest BCUT2D eigenvalue weighted by Gasteiger charge is 2.70. The van der Waals surface area contributed by atoms with Gasteiger partial charge in [-0.15, -0.1) is 0 Å². The van der Waals surface area contributed by atoms with Gasteiger partial charge in [-0.2, -0.15) is 0 Å². The van der Waals surface area contributed by atoms with E-state index < -0.39 is 159 Å². The van der Waals surface area contributed by atoms with Crippen molar-refractivity contribution in [2.24, 2.45) is 50.2 Å². The molecule has 22 nitrogen and oxygen atoms in total. The Bertz CT molecular complexity index is 2060. The largest absolute Gasteiger partial charge is 0.432 e. The molecule has 0 aromatic rings. The summed E-state index contributed by atoms with van der Waals surface area (Å²) in [5.41, 5.74) is -0.804. The third-order valence-electron chi connectivity index (χ3n) is 21.0. The number of hydrogen-bond donors (Lipinski definition) is 13. The Morgan fingerprint density at radius 1 is 0.573 bits per heavy atom. The van der Waals surface area contributed by atoms with Crippen LogP contribution in [0.25, 0.3) is 0 Å². The number of rotatable bonds is 11. The number of aliphatic hydroxyl groups excluding tert-OH is 13. The lowest BCUT2D eigenvalue weighted by Gasteiger charge is -2.71. The Labute approximate surface area is 437 Å². The van der Waals surface area contributed by atoms with Gasteiger partial charge in [0, 0.05) is 0 Å². The minimum absolute atomic E-state index is 0.0762. The van der Waals surface area contributed by atoms with Gasteiger partial charge < -0.3 is 104 Å². The smallest absolute Gasteiger partial charge is 0.315 e. The predicted octanol–water partition coefficient (Wildman–Crippen LogP) is -1.40. The highest BCUT2D eigenvalue weighted by molar-refractivity contribution is 5.79. The van der Waals surface area contributed by atoms with Crippen LogP contribution in [-0.2, 0) is 42.7 Å². The Morgan fingerprint density at radius 2 is 1.13 bits per heavy atom. The Balaban J connectivity index is 0.914. The lowest BCUT2D eigenvalue weighted by molar-refractivity contribution is -0.387. The summed E-state index contributed by atoms with van der Waals surface area (Å²) in [7, 11) is 0. The van der Waals surface area contributed by atoms with Gasteiger partial charge in [0.05, 0.1) is 37.9 Å². The number of hydrogen-bond acceptors (Lipinski definition) is 22. The molecule has 4 heterocycles. The number of carbonyl (C=O) groups excluding carboxylic acids is 1. The van der Waals surface area contributed by atoms with E-state index in [4.69, 9.17) is 37.9 Å². The van der Waals surface area contributed by atoms with E-state index in [0.717, 1.165) is 44.9 Å². The molecule has 0 unspecified atom stereocenters. The molecule has 0 bridgehead atoms. The zero-order valence-corrected chi connectivity index (χ0v) is 44.2. The molecule has 22 heteroatoms. The average Bonchev–Trinajstić information content (AvgIpc) is 3.36. The van der Waals surface area contributed by atoms with Crippen LogP contribution in [0.4, 0.5) is 0 Å². The van der Waals surface area contributed by atoms with Crippen LogP contribution < -0.4 is 0 Å². The lowest BCUT2D eigenvalue weighted by Crippen LogP contribution is -2.67. The van der Waals surface area contributed by atoms with Gasteiger partial charge in [-0.1, -0.05) is 60.1 Å². The number of aliphatic hydroxyl groups is 13. The molecule has 5 aliphatic carbocycles. The van der Waals surface area contributed by atoms with Crippen molar-refractivity contribution >= 4 is 5.97 Å². The topological polar surface area (TPSA) is 354 Å². The summed E-state index contributed by atoms with van der Waals surface area (Å²) in [4.78, 5) is 14.7. The molecule has 4 aliphatic heterocycles. The zero-order valence-electron chi connectivity index (χ0n) is 44.2. The van der Waals surface area contributed by atoms with Gasteiger partial charge >= 0.3 is 5.97 Å². The maximum atomic E-state index is 14.7. The molecule has 13 N–H and O–H groups in total. The summed E-state index contributed by atoms with van der Waals surface area (Å²) < 4.78 is 47.7. The molecule has 0 amide bonds. The Morgan fingerprint density at radius 3 is 1.76 bits per heavy atom. The summed E-state index contributed by atoms with van der Waals surface area (Å²) in [6, 6.07) is 0. The molecular formula is C53H86O22. The zero-order chi connectivity index (χ0) is 54.7. The van der Waals surface area contributed by atoms with E-state index in [9.17, 15) is 71.2 Å². The Hall–Kier alpha value is -1.59.